The summed E-state index contributed by atoms with van der Waals surface area (Å²) in [4.78, 5) is 20.7. The highest BCUT2D eigenvalue weighted by Crippen LogP contribution is 2.20. The standard InChI is InChI=1S/C17H17BrFN3O/c18-16-11-14(19)1-2-15(16)17(23)22-9-7-21(8-10-22)12-13-3-5-20-6-4-13/h1-6,11H,7-10,12H2. The van der Waals surface area contributed by atoms with Crippen LogP contribution in [-0.4, -0.2) is 46.9 Å². The normalized spacial score (nSPS) is 15.7. The van der Waals surface area contributed by atoms with Crippen molar-refractivity contribution in [2.45, 2.75) is 6.54 Å². The van der Waals surface area contributed by atoms with Crippen molar-refractivity contribution in [1.82, 2.24) is 14.8 Å². The summed E-state index contributed by atoms with van der Waals surface area (Å²) in [6.07, 6.45) is 3.59. The van der Waals surface area contributed by atoms with Crippen LogP contribution in [0.15, 0.2) is 47.2 Å². The average Bonchev–Trinajstić information content (AvgIpc) is 2.56. The summed E-state index contributed by atoms with van der Waals surface area (Å²) >= 11 is 3.27. The van der Waals surface area contributed by atoms with Gasteiger partial charge in [-0.3, -0.25) is 14.7 Å². The number of pyridine rings is 1. The van der Waals surface area contributed by atoms with E-state index in [0.717, 1.165) is 19.6 Å². The third kappa shape index (κ3) is 3.95. The molecule has 23 heavy (non-hydrogen) atoms. The number of carbonyl (C=O) groups excluding carboxylic acids is 1. The zero-order valence-corrected chi connectivity index (χ0v) is 14.2. The van der Waals surface area contributed by atoms with Gasteiger partial charge in [-0.1, -0.05) is 0 Å². The number of halogens is 2. The summed E-state index contributed by atoms with van der Waals surface area (Å²) in [5.41, 5.74) is 1.73. The fraction of sp³-hybridized carbons (Fsp3) is 0.294. The Balaban J connectivity index is 1.59. The molecule has 0 atom stereocenters. The molecule has 2 heterocycles. The quantitative estimate of drug-likeness (QED) is 0.824. The summed E-state index contributed by atoms with van der Waals surface area (Å²) in [5, 5.41) is 0. The third-order valence-electron chi connectivity index (χ3n) is 3.98. The number of aromatic nitrogens is 1. The van der Waals surface area contributed by atoms with Gasteiger partial charge < -0.3 is 4.90 Å². The predicted octanol–water partition coefficient (Wildman–Crippen LogP) is 2.94. The molecule has 0 N–H and O–H groups in total. The lowest BCUT2D eigenvalue weighted by Crippen LogP contribution is -2.48. The number of nitrogens with zero attached hydrogens (tertiary/aromatic N) is 3. The minimum atomic E-state index is -0.351. The van der Waals surface area contributed by atoms with Crippen LogP contribution in [0.3, 0.4) is 0 Å². The minimum absolute atomic E-state index is 0.0552. The van der Waals surface area contributed by atoms with Gasteiger partial charge >= 0.3 is 0 Å². The van der Waals surface area contributed by atoms with E-state index in [1.165, 1.54) is 23.8 Å². The largest absolute Gasteiger partial charge is 0.336 e. The molecule has 1 saturated heterocycles. The number of benzene rings is 1. The maximum atomic E-state index is 13.1. The molecule has 0 aliphatic carbocycles. The molecule has 1 fully saturated rings. The first-order valence-electron chi connectivity index (χ1n) is 7.49. The molecule has 0 unspecified atom stereocenters. The Morgan fingerprint density at radius 2 is 1.83 bits per heavy atom. The lowest BCUT2D eigenvalue weighted by Gasteiger charge is -2.35. The minimum Gasteiger partial charge on any atom is -0.336 e. The molecule has 0 saturated carbocycles. The highest BCUT2D eigenvalue weighted by atomic mass is 79.9. The van der Waals surface area contributed by atoms with Crippen molar-refractivity contribution in [3.05, 3.63) is 64.1 Å². The van der Waals surface area contributed by atoms with E-state index in [4.69, 9.17) is 0 Å². The van der Waals surface area contributed by atoms with Crippen molar-refractivity contribution in [3.63, 3.8) is 0 Å². The highest BCUT2D eigenvalue weighted by molar-refractivity contribution is 9.10. The second-order valence-corrected chi connectivity index (χ2v) is 6.40. The molecule has 0 spiro atoms. The second kappa shape index (κ2) is 7.19. The van der Waals surface area contributed by atoms with Crippen LogP contribution in [0.4, 0.5) is 4.39 Å². The molecule has 1 aliphatic heterocycles. The Labute approximate surface area is 143 Å². The van der Waals surface area contributed by atoms with Crippen molar-refractivity contribution in [2.24, 2.45) is 0 Å². The zero-order valence-electron chi connectivity index (χ0n) is 12.6. The first-order chi connectivity index (χ1) is 11.1. The number of hydrogen-bond donors (Lipinski definition) is 0. The first kappa shape index (κ1) is 16.1. The van der Waals surface area contributed by atoms with Gasteiger partial charge in [-0.15, -0.1) is 0 Å². The third-order valence-corrected chi connectivity index (χ3v) is 4.63. The molecule has 1 aromatic carbocycles. The lowest BCUT2D eigenvalue weighted by atomic mass is 10.1. The van der Waals surface area contributed by atoms with Crippen molar-refractivity contribution in [3.8, 4) is 0 Å². The summed E-state index contributed by atoms with van der Waals surface area (Å²) in [5.74, 6) is -0.406. The molecule has 1 amide bonds. The van der Waals surface area contributed by atoms with Gasteiger partial charge in [0, 0.05) is 49.6 Å². The molecule has 4 nitrogen and oxygen atoms in total. The van der Waals surface area contributed by atoms with Crippen LogP contribution >= 0.6 is 15.9 Å². The summed E-state index contributed by atoms with van der Waals surface area (Å²) < 4.78 is 13.6. The zero-order chi connectivity index (χ0) is 16.2. The van der Waals surface area contributed by atoms with E-state index in [1.54, 1.807) is 12.4 Å². The van der Waals surface area contributed by atoms with Gasteiger partial charge in [0.2, 0.25) is 0 Å². The maximum Gasteiger partial charge on any atom is 0.255 e. The second-order valence-electron chi connectivity index (χ2n) is 5.55. The smallest absolute Gasteiger partial charge is 0.255 e. The summed E-state index contributed by atoms with van der Waals surface area (Å²) in [6, 6.07) is 8.19. The van der Waals surface area contributed by atoms with Crippen molar-refractivity contribution in [2.75, 3.05) is 26.2 Å². The van der Waals surface area contributed by atoms with Crippen LogP contribution in [-0.2, 0) is 6.54 Å². The van der Waals surface area contributed by atoms with Crippen LogP contribution in [0.2, 0.25) is 0 Å². The Hall–Kier alpha value is -1.79. The number of carbonyl (C=O) groups is 1. The molecule has 0 bridgehead atoms. The number of hydrogen-bond acceptors (Lipinski definition) is 3. The van der Waals surface area contributed by atoms with Gasteiger partial charge in [-0.05, 0) is 51.8 Å². The van der Waals surface area contributed by atoms with Crippen molar-refractivity contribution >= 4 is 21.8 Å². The Kier molecular flexibility index (Phi) is 5.03. The molecule has 2 aromatic rings. The highest BCUT2D eigenvalue weighted by Gasteiger charge is 2.23. The van der Waals surface area contributed by atoms with Gasteiger partial charge in [0.05, 0.1) is 5.56 Å². The fourth-order valence-corrected chi connectivity index (χ4v) is 3.21. The van der Waals surface area contributed by atoms with E-state index in [1.807, 2.05) is 17.0 Å². The van der Waals surface area contributed by atoms with Crippen LogP contribution in [0.25, 0.3) is 0 Å². The predicted molar refractivity (Wildman–Crippen MR) is 89.5 cm³/mol. The van der Waals surface area contributed by atoms with E-state index in [9.17, 15) is 9.18 Å². The molecule has 3 rings (SSSR count). The molecule has 1 aliphatic rings. The Bertz CT molecular complexity index is 687. The van der Waals surface area contributed by atoms with Crippen LogP contribution in [0, 0.1) is 5.82 Å². The number of rotatable bonds is 3. The van der Waals surface area contributed by atoms with E-state index in [-0.39, 0.29) is 11.7 Å². The van der Waals surface area contributed by atoms with Crippen molar-refractivity contribution in [1.29, 1.82) is 0 Å². The molecular formula is C17H17BrFN3O. The monoisotopic (exact) mass is 377 g/mol. The number of amides is 1. The van der Waals surface area contributed by atoms with E-state index in [0.29, 0.717) is 23.1 Å². The summed E-state index contributed by atoms with van der Waals surface area (Å²) in [6.45, 7) is 3.87. The van der Waals surface area contributed by atoms with Gasteiger partial charge in [0.1, 0.15) is 5.82 Å². The molecular weight excluding hydrogens is 361 g/mol. The topological polar surface area (TPSA) is 36.4 Å². The Morgan fingerprint density at radius 1 is 1.13 bits per heavy atom. The van der Waals surface area contributed by atoms with Gasteiger partial charge in [-0.2, -0.15) is 0 Å². The van der Waals surface area contributed by atoms with Gasteiger partial charge in [0.15, 0.2) is 0 Å². The lowest BCUT2D eigenvalue weighted by molar-refractivity contribution is 0.0627. The SMILES string of the molecule is O=C(c1ccc(F)cc1Br)N1CCN(Cc2ccncc2)CC1. The van der Waals surface area contributed by atoms with E-state index in [2.05, 4.69) is 25.8 Å². The van der Waals surface area contributed by atoms with Crippen molar-refractivity contribution < 1.29 is 9.18 Å². The van der Waals surface area contributed by atoms with Crippen LogP contribution in [0.5, 0.6) is 0 Å². The van der Waals surface area contributed by atoms with E-state index >= 15 is 0 Å². The van der Waals surface area contributed by atoms with Gasteiger partial charge in [-0.25, -0.2) is 4.39 Å². The van der Waals surface area contributed by atoms with Crippen LogP contribution in [0.1, 0.15) is 15.9 Å². The molecule has 1 aromatic heterocycles. The maximum absolute atomic E-state index is 13.1. The first-order valence-corrected chi connectivity index (χ1v) is 8.28. The number of piperazine rings is 1. The van der Waals surface area contributed by atoms with Gasteiger partial charge in [0.25, 0.3) is 5.91 Å². The molecule has 6 heteroatoms. The average molecular weight is 378 g/mol. The van der Waals surface area contributed by atoms with Crippen LogP contribution < -0.4 is 0 Å². The fourth-order valence-electron chi connectivity index (χ4n) is 2.69. The van der Waals surface area contributed by atoms with E-state index < -0.39 is 0 Å². The Morgan fingerprint density at radius 3 is 2.48 bits per heavy atom. The molecule has 120 valence electrons. The molecule has 0 radical (unpaired) electrons. The summed E-state index contributed by atoms with van der Waals surface area (Å²) in [7, 11) is 0.